The fraction of sp³-hybridized carbons (Fsp3) is 0.476. The van der Waals surface area contributed by atoms with E-state index in [9.17, 15) is 4.79 Å². The normalized spacial score (nSPS) is 16.8. The Balaban J connectivity index is 1.42. The summed E-state index contributed by atoms with van der Waals surface area (Å²) in [7, 11) is 1.53. The van der Waals surface area contributed by atoms with Crippen LogP contribution < -0.4 is 9.47 Å². The van der Waals surface area contributed by atoms with Crippen LogP contribution in [0.3, 0.4) is 0 Å². The summed E-state index contributed by atoms with van der Waals surface area (Å²) in [6.45, 7) is 1.42. The summed E-state index contributed by atoms with van der Waals surface area (Å²) in [6.07, 6.45) is 7.01. The molecule has 0 radical (unpaired) electrons. The third-order valence-electron chi connectivity index (χ3n) is 4.76. The number of unbranched alkanes of at least 4 members (excludes halogenated alkanes) is 1. The highest BCUT2D eigenvalue weighted by Gasteiger charge is 2.25. The van der Waals surface area contributed by atoms with E-state index in [2.05, 4.69) is 34.2 Å². The van der Waals surface area contributed by atoms with Crippen LogP contribution in [0.15, 0.2) is 42.6 Å². The lowest BCUT2D eigenvalue weighted by molar-refractivity contribution is -0.134. The molecule has 144 valence electrons. The number of likely N-dealkylation sites (tertiary alicyclic amines) is 1. The number of amides is 1. The van der Waals surface area contributed by atoms with Crippen molar-refractivity contribution >= 4 is 5.91 Å². The highest BCUT2D eigenvalue weighted by atomic mass is 16.5. The summed E-state index contributed by atoms with van der Waals surface area (Å²) >= 11 is 0. The lowest BCUT2D eigenvalue weighted by atomic mass is 10.1. The van der Waals surface area contributed by atoms with Crippen molar-refractivity contribution in [2.75, 3.05) is 20.2 Å². The smallest absolute Gasteiger partial charge is 0.319 e. The number of carbonyl (C=O) groups is 1. The van der Waals surface area contributed by atoms with Gasteiger partial charge < -0.3 is 14.4 Å². The largest absolute Gasteiger partial charge is 0.472 e. The molecule has 1 unspecified atom stereocenters. The molecule has 1 fully saturated rings. The number of rotatable bonds is 8. The zero-order chi connectivity index (χ0) is 18.9. The SMILES string of the molecule is COc1nccc(OC2CCCN(C(=O)CCCCc3ccccc3)C2)n1. The first-order valence-electron chi connectivity index (χ1n) is 9.60. The van der Waals surface area contributed by atoms with Gasteiger partial charge in [0.2, 0.25) is 11.8 Å². The van der Waals surface area contributed by atoms with Gasteiger partial charge in [-0.2, -0.15) is 4.98 Å². The van der Waals surface area contributed by atoms with Crippen LogP contribution in [0.2, 0.25) is 0 Å². The molecule has 0 spiro atoms. The molecule has 1 atom stereocenters. The van der Waals surface area contributed by atoms with Crippen LogP contribution in [0.4, 0.5) is 0 Å². The molecule has 2 aromatic rings. The van der Waals surface area contributed by atoms with Crippen LogP contribution >= 0.6 is 0 Å². The van der Waals surface area contributed by atoms with E-state index in [1.165, 1.54) is 12.7 Å². The molecule has 1 amide bonds. The van der Waals surface area contributed by atoms with Crippen molar-refractivity contribution in [2.24, 2.45) is 0 Å². The maximum Gasteiger partial charge on any atom is 0.319 e. The Hall–Kier alpha value is -2.63. The van der Waals surface area contributed by atoms with Gasteiger partial charge in [-0.15, -0.1) is 0 Å². The maximum atomic E-state index is 12.5. The molecular weight excluding hydrogens is 342 g/mol. The summed E-state index contributed by atoms with van der Waals surface area (Å²) in [5, 5.41) is 0. The predicted molar refractivity (Wildman–Crippen MR) is 103 cm³/mol. The summed E-state index contributed by atoms with van der Waals surface area (Å²) in [6, 6.07) is 12.4. The van der Waals surface area contributed by atoms with Gasteiger partial charge in [0, 0.05) is 25.2 Å². The van der Waals surface area contributed by atoms with E-state index in [0.29, 0.717) is 18.8 Å². The van der Waals surface area contributed by atoms with Crippen molar-refractivity contribution < 1.29 is 14.3 Å². The Bertz CT molecular complexity index is 724. The second kappa shape index (κ2) is 9.90. The Labute approximate surface area is 160 Å². The highest BCUT2D eigenvalue weighted by Crippen LogP contribution is 2.19. The standard InChI is InChI=1S/C21H27N3O3/c1-26-21-22-14-13-19(23-21)27-18-11-7-15-24(16-18)20(25)12-6-5-10-17-8-3-2-4-9-17/h2-4,8-9,13-14,18H,5-7,10-12,15-16H2,1H3. The summed E-state index contributed by atoms with van der Waals surface area (Å²) in [5.74, 6) is 0.709. The van der Waals surface area contributed by atoms with E-state index >= 15 is 0 Å². The Morgan fingerprint density at radius 1 is 1.22 bits per heavy atom. The van der Waals surface area contributed by atoms with E-state index in [0.717, 1.165) is 38.6 Å². The van der Waals surface area contributed by atoms with Gasteiger partial charge in [-0.3, -0.25) is 4.79 Å². The molecule has 0 bridgehead atoms. The number of methoxy groups -OCH3 is 1. The third kappa shape index (κ3) is 5.94. The first-order chi connectivity index (χ1) is 13.2. The monoisotopic (exact) mass is 369 g/mol. The minimum atomic E-state index is -0.0355. The van der Waals surface area contributed by atoms with Crippen molar-refractivity contribution in [3.8, 4) is 11.9 Å². The predicted octanol–water partition coefficient (Wildman–Crippen LogP) is 3.27. The van der Waals surface area contributed by atoms with E-state index < -0.39 is 0 Å². The van der Waals surface area contributed by atoms with E-state index in [1.54, 1.807) is 12.3 Å². The highest BCUT2D eigenvalue weighted by molar-refractivity contribution is 5.76. The molecule has 1 saturated heterocycles. The topological polar surface area (TPSA) is 64.6 Å². The van der Waals surface area contributed by atoms with Gasteiger partial charge in [0.1, 0.15) is 6.10 Å². The number of hydrogen-bond acceptors (Lipinski definition) is 5. The van der Waals surface area contributed by atoms with Crippen molar-refractivity contribution in [1.29, 1.82) is 0 Å². The second-order valence-corrected chi connectivity index (χ2v) is 6.80. The summed E-state index contributed by atoms with van der Waals surface area (Å²) < 4.78 is 11.0. The summed E-state index contributed by atoms with van der Waals surface area (Å²) in [4.78, 5) is 22.6. The number of piperidine rings is 1. The molecule has 6 nitrogen and oxygen atoms in total. The molecule has 3 rings (SSSR count). The number of ether oxygens (including phenoxy) is 2. The van der Waals surface area contributed by atoms with Gasteiger partial charge in [0.15, 0.2) is 0 Å². The molecule has 27 heavy (non-hydrogen) atoms. The van der Waals surface area contributed by atoms with Crippen molar-refractivity contribution in [2.45, 2.75) is 44.6 Å². The average molecular weight is 369 g/mol. The lowest BCUT2D eigenvalue weighted by Crippen LogP contribution is -2.44. The van der Waals surface area contributed by atoms with Gasteiger partial charge in [0.05, 0.1) is 13.7 Å². The van der Waals surface area contributed by atoms with Crippen LogP contribution in [-0.2, 0) is 11.2 Å². The van der Waals surface area contributed by atoms with Crippen LogP contribution in [0.25, 0.3) is 0 Å². The zero-order valence-corrected chi connectivity index (χ0v) is 15.8. The van der Waals surface area contributed by atoms with Gasteiger partial charge in [-0.05, 0) is 37.7 Å². The van der Waals surface area contributed by atoms with Crippen LogP contribution in [0, 0.1) is 0 Å². The quantitative estimate of drug-likeness (QED) is 0.668. The fourth-order valence-corrected chi connectivity index (χ4v) is 3.33. The van der Waals surface area contributed by atoms with E-state index in [-0.39, 0.29) is 18.0 Å². The molecule has 1 aromatic carbocycles. The zero-order valence-electron chi connectivity index (χ0n) is 15.8. The summed E-state index contributed by atoms with van der Waals surface area (Å²) in [5.41, 5.74) is 1.33. The first kappa shape index (κ1) is 19.1. The van der Waals surface area contributed by atoms with Crippen molar-refractivity contribution in [3.05, 3.63) is 48.2 Å². The average Bonchev–Trinajstić information content (AvgIpc) is 2.72. The van der Waals surface area contributed by atoms with Crippen LogP contribution in [0.5, 0.6) is 11.9 Å². The molecule has 0 N–H and O–H groups in total. The molecular formula is C21H27N3O3. The maximum absolute atomic E-state index is 12.5. The van der Waals surface area contributed by atoms with Crippen molar-refractivity contribution in [3.63, 3.8) is 0 Å². The van der Waals surface area contributed by atoms with Gasteiger partial charge >= 0.3 is 6.01 Å². The number of aryl methyl sites for hydroxylation is 1. The number of benzene rings is 1. The van der Waals surface area contributed by atoms with Gasteiger partial charge in [0.25, 0.3) is 0 Å². The van der Waals surface area contributed by atoms with Gasteiger partial charge in [-0.1, -0.05) is 30.3 Å². The number of aromatic nitrogens is 2. The first-order valence-corrected chi connectivity index (χ1v) is 9.60. The molecule has 1 aliphatic rings. The van der Waals surface area contributed by atoms with Crippen LogP contribution in [0.1, 0.15) is 37.7 Å². The Morgan fingerprint density at radius 3 is 2.89 bits per heavy atom. The second-order valence-electron chi connectivity index (χ2n) is 6.80. The molecule has 1 aromatic heterocycles. The number of hydrogen-bond donors (Lipinski definition) is 0. The minimum Gasteiger partial charge on any atom is -0.472 e. The van der Waals surface area contributed by atoms with E-state index in [1.807, 2.05) is 11.0 Å². The fourth-order valence-electron chi connectivity index (χ4n) is 3.33. The molecule has 0 saturated carbocycles. The molecule has 0 aliphatic carbocycles. The Morgan fingerprint density at radius 2 is 2.07 bits per heavy atom. The third-order valence-corrected chi connectivity index (χ3v) is 4.76. The molecule has 1 aliphatic heterocycles. The molecule has 6 heteroatoms. The van der Waals surface area contributed by atoms with Gasteiger partial charge in [-0.25, -0.2) is 4.98 Å². The van der Waals surface area contributed by atoms with Crippen molar-refractivity contribution in [1.82, 2.24) is 14.9 Å². The van der Waals surface area contributed by atoms with E-state index in [4.69, 9.17) is 9.47 Å². The molecule has 2 heterocycles. The minimum absolute atomic E-state index is 0.0355. The Kier molecular flexibility index (Phi) is 7.02. The number of nitrogens with zero attached hydrogens (tertiary/aromatic N) is 3. The van der Waals surface area contributed by atoms with Crippen LogP contribution in [-0.4, -0.2) is 47.1 Å². The number of carbonyl (C=O) groups excluding carboxylic acids is 1. The lowest BCUT2D eigenvalue weighted by Gasteiger charge is -2.32.